The van der Waals surface area contributed by atoms with Crippen LogP contribution in [-0.2, 0) is 0 Å². The summed E-state index contributed by atoms with van der Waals surface area (Å²) >= 11 is 4.20. The van der Waals surface area contributed by atoms with Crippen molar-refractivity contribution in [1.82, 2.24) is 5.32 Å². The van der Waals surface area contributed by atoms with Crippen molar-refractivity contribution in [2.24, 2.45) is 5.92 Å². The van der Waals surface area contributed by atoms with Crippen LogP contribution in [0.5, 0.6) is 0 Å². The smallest absolute Gasteiger partial charge is 0.00463 e. The third-order valence-corrected chi connectivity index (χ3v) is 2.55. The molecule has 0 unspecified atom stereocenters. The molecular formula is C8H18BrNS. The summed E-state index contributed by atoms with van der Waals surface area (Å²) in [4.78, 5) is 0. The van der Waals surface area contributed by atoms with E-state index < -0.39 is 0 Å². The molecule has 1 N–H and O–H groups in total. The Morgan fingerprint density at radius 3 is 2.45 bits per heavy atom. The van der Waals surface area contributed by atoms with Gasteiger partial charge >= 0.3 is 0 Å². The molecule has 11 heavy (non-hydrogen) atoms. The maximum Gasteiger partial charge on any atom is -0.00463 e. The molecule has 1 rings (SSSR count). The minimum absolute atomic E-state index is 0. The topological polar surface area (TPSA) is 12.0 Å². The maximum atomic E-state index is 4.20. The Kier molecular flexibility index (Phi) is 7.97. The molecule has 1 saturated heterocycles. The fraction of sp³-hybridized carbons (Fsp3) is 1.00. The van der Waals surface area contributed by atoms with Crippen molar-refractivity contribution in [3.63, 3.8) is 0 Å². The average Bonchev–Trinajstić information content (AvgIpc) is 2.03. The number of hydrogen-bond donors (Lipinski definition) is 2. The van der Waals surface area contributed by atoms with Gasteiger partial charge in [0.1, 0.15) is 0 Å². The van der Waals surface area contributed by atoms with Crippen LogP contribution in [0.25, 0.3) is 0 Å². The number of nitrogens with one attached hydrogen (secondary N) is 1. The standard InChI is InChI=1S/C8H17NS.BrH/c10-7-1-2-8-3-5-9-6-4-8;/h8-10H,1-7H2;1H. The minimum Gasteiger partial charge on any atom is -0.317 e. The van der Waals surface area contributed by atoms with Crippen LogP contribution >= 0.6 is 29.6 Å². The van der Waals surface area contributed by atoms with E-state index in [1.54, 1.807) is 0 Å². The van der Waals surface area contributed by atoms with Crippen molar-refractivity contribution in [1.29, 1.82) is 0 Å². The van der Waals surface area contributed by atoms with Gasteiger partial charge in [0.25, 0.3) is 0 Å². The van der Waals surface area contributed by atoms with Crippen molar-refractivity contribution in [3.05, 3.63) is 0 Å². The number of rotatable bonds is 3. The van der Waals surface area contributed by atoms with Gasteiger partial charge in [0.2, 0.25) is 0 Å². The highest BCUT2D eigenvalue weighted by molar-refractivity contribution is 8.93. The van der Waals surface area contributed by atoms with Gasteiger partial charge in [0.05, 0.1) is 0 Å². The first-order valence-electron chi connectivity index (χ1n) is 4.25. The molecule has 1 heterocycles. The number of thiol groups is 1. The molecule has 3 heteroatoms. The van der Waals surface area contributed by atoms with E-state index in [1.165, 1.54) is 38.8 Å². The Bertz CT molecular complexity index is 84.2. The molecule has 1 fully saturated rings. The third kappa shape index (κ3) is 5.10. The molecule has 1 aliphatic rings. The van der Waals surface area contributed by atoms with Crippen LogP contribution in [-0.4, -0.2) is 18.8 Å². The summed E-state index contributed by atoms with van der Waals surface area (Å²) in [5.41, 5.74) is 0. The molecule has 0 aromatic heterocycles. The van der Waals surface area contributed by atoms with Crippen LogP contribution in [0.4, 0.5) is 0 Å². The van der Waals surface area contributed by atoms with Gasteiger partial charge in [-0.2, -0.15) is 12.6 Å². The van der Waals surface area contributed by atoms with Gasteiger partial charge in [-0.05, 0) is 50.4 Å². The quantitative estimate of drug-likeness (QED) is 0.721. The van der Waals surface area contributed by atoms with Crippen LogP contribution in [0.15, 0.2) is 0 Å². The van der Waals surface area contributed by atoms with E-state index in [1.807, 2.05) is 0 Å². The third-order valence-electron chi connectivity index (χ3n) is 2.23. The highest BCUT2D eigenvalue weighted by atomic mass is 79.9. The Labute approximate surface area is 85.5 Å². The average molecular weight is 240 g/mol. The second kappa shape index (κ2) is 7.44. The SMILES string of the molecule is Br.SCCCC1CCNCC1. The summed E-state index contributed by atoms with van der Waals surface area (Å²) in [5.74, 6) is 2.05. The second-order valence-corrected chi connectivity index (χ2v) is 3.51. The Morgan fingerprint density at radius 2 is 1.91 bits per heavy atom. The lowest BCUT2D eigenvalue weighted by Crippen LogP contribution is -2.27. The number of halogens is 1. The molecule has 0 radical (unpaired) electrons. The molecule has 0 amide bonds. The number of hydrogen-bond acceptors (Lipinski definition) is 2. The predicted molar refractivity (Wildman–Crippen MR) is 59.0 cm³/mol. The number of piperidine rings is 1. The molecule has 0 bridgehead atoms. The van der Waals surface area contributed by atoms with Crippen LogP contribution in [0.2, 0.25) is 0 Å². The zero-order valence-corrected chi connectivity index (χ0v) is 9.49. The normalized spacial score (nSPS) is 19.4. The fourth-order valence-corrected chi connectivity index (χ4v) is 1.73. The molecule has 0 atom stereocenters. The molecular weight excluding hydrogens is 222 g/mol. The fourth-order valence-electron chi connectivity index (χ4n) is 1.55. The summed E-state index contributed by atoms with van der Waals surface area (Å²) in [6.07, 6.45) is 5.46. The van der Waals surface area contributed by atoms with Crippen LogP contribution < -0.4 is 5.32 Å². The maximum absolute atomic E-state index is 4.20. The van der Waals surface area contributed by atoms with Gasteiger partial charge in [0.15, 0.2) is 0 Å². The van der Waals surface area contributed by atoms with Crippen molar-refractivity contribution in [2.45, 2.75) is 25.7 Å². The summed E-state index contributed by atoms with van der Waals surface area (Å²) in [6, 6.07) is 0. The Hall–Kier alpha value is 0.790. The predicted octanol–water partition coefficient (Wildman–Crippen LogP) is 2.27. The van der Waals surface area contributed by atoms with E-state index in [0.717, 1.165) is 11.7 Å². The molecule has 0 saturated carbocycles. The minimum atomic E-state index is 0. The van der Waals surface area contributed by atoms with E-state index in [4.69, 9.17) is 0 Å². The van der Waals surface area contributed by atoms with Gasteiger partial charge in [-0.1, -0.05) is 0 Å². The first kappa shape index (κ1) is 11.8. The monoisotopic (exact) mass is 239 g/mol. The molecule has 1 aliphatic heterocycles. The summed E-state index contributed by atoms with van der Waals surface area (Å²) < 4.78 is 0. The van der Waals surface area contributed by atoms with Crippen molar-refractivity contribution < 1.29 is 0 Å². The summed E-state index contributed by atoms with van der Waals surface area (Å²) in [6.45, 7) is 2.47. The van der Waals surface area contributed by atoms with E-state index in [-0.39, 0.29) is 17.0 Å². The lowest BCUT2D eigenvalue weighted by Gasteiger charge is -2.21. The van der Waals surface area contributed by atoms with Crippen LogP contribution in [0, 0.1) is 5.92 Å². The van der Waals surface area contributed by atoms with E-state index in [9.17, 15) is 0 Å². The molecule has 0 aromatic rings. The van der Waals surface area contributed by atoms with Gasteiger partial charge in [-0.15, -0.1) is 17.0 Å². The molecule has 0 spiro atoms. The largest absolute Gasteiger partial charge is 0.317 e. The van der Waals surface area contributed by atoms with Crippen LogP contribution in [0.1, 0.15) is 25.7 Å². The molecule has 1 nitrogen and oxygen atoms in total. The Morgan fingerprint density at radius 1 is 1.27 bits per heavy atom. The highest BCUT2D eigenvalue weighted by Gasteiger charge is 2.11. The lowest BCUT2D eigenvalue weighted by atomic mass is 9.94. The van der Waals surface area contributed by atoms with Crippen molar-refractivity contribution >= 4 is 29.6 Å². The van der Waals surface area contributed by atoms with E-state index in [2.05, 4.69) is 17.9 Å². The van der Waals surface area contributed by atoms with Crippen molar-refractivity contribution in [3.8, 4) is 0 Å². The van der Waals surface area contributed by atoms with E-state index >= 15 is 0 Å². The Balaban J connectivity index is 0.000001000. The highest BCUT2D eigenvalue weighted by Crippen LogP contribution is 2.17. The zero-order chi connectivity index (χ0) is 7.23. The van der Waals surface area contributed by atoms with Crippen LogP contribution in [0.3, 0.4) is 0 Å². The summed E-state index contributed by atoms with van der Waals surface area (Å²) in [7, 11) is 0. The first-order valence-corrected chi connectivity index (χ1v) is 4.88. The lowest BCUT2D eigenvalue weighted by molar-refractivity contribution is 0.352. The van der Waals surface area contributed by atoms with Gasteiger partial charge in [-0.3, -0.25) is 0 Å². The summed E-state index contributed by atoms with van der Waals surface area (Å²) in [5, 5.41) is 3.37. The van der Waals surface area contributed by atoms with Crippen molar-refractivity contribution in [2.75, 3.05) is 18.8 Å². The van der Waals surface area contributed by atoms with Gasteiger partial charge in [0, 0.05) is 0 Å². The molecule has 68 valence electrons. The van der Waals surface area contributed by atoms with E-state index in [0.29, 0.717) is 0 Å². The molecule has 0 aliphatic carbocycles. The second-order valence-electron chi connectivity index (χ2n) is 3.06. The van der Waals surface area contributed by atoms with Gasteiger partial charge in [-0.25, -0.2) is 0 Å². The molecule has 0 aromatic carbocycles. The van der Waals surface area contributed by atoms with Gasteiger partial charge < -0.3 is 5.32 Å². The zero-order valence-electron chi connectivity index (χ0n) is 6.88. The first-order chi connectivity index (χ1) is 4.93.